The van der Waals surface area contributed by atoms with Gasteiger partial charge in [-0.1, -0.05) is 0 Å². The third-order valence-electron chi connectivity index (χ3n) is 0.955. The minimum absolute atomic E-state index is 0.0808. The molecule has 48 valence electrons. The molecule has 3 heteroatoms. The normalized spacial score (nSPS) is 44.3. The van der Waals surface area contributed by atoms with Crippen LogP contribution in [-0.4, -0.2) is 9.55 Å². The molecule has 9 heavy (non-hydrogen) atoms. The van der Waals surface area contributed by atoms with Crippen molar-refractivity contribution in [2.24, 2.45) is 0 Å². The van der Waals surface area contributed by atoms with Gasteiger partial charge in [-0.15, -0.1) is 0 Å². The first kappa shape index (κ1) is 1.84. The smallest absolute Gasteiger partial charge is 0.177 e. The Morgan fingerprint density at radius 3 is 3.33 bits per heavy atom. The molecule has 0 bridgehead atoms. The zero-order chi connectivity index (χ0) is 12.5. The lowest BCUT2D eigenvalue weighted by Gasteiger charge is -1.96. The van der Waals surface area contributed by atoms with E-state index in [2.05, 4.69) is 20.9 Å². The summed E-state index contributed by atoms with van der Waals surface area (Å²) in [6.45, 7) is 0. The van der Waals surface area contributed by atoms with Crippen molar-refractivity contribution >= 4 is 15.9 Å². The molecule has 0 spiro atoms. The van der Waals surface area contributed by atoms with Gasteiger partial charge in [-0.3, -0.25) is 0 Å². The lowest BCUT2D eigenvalue weighted by Crippen LogP contribution is -1.90. The maximum Gasteiger partial charge on any atom is 0.177 e. The monoisotopic (exact) mass is 193 g/mol. The minimum Gasteiger partial charge on any atom is -0.323 e. The van der Waals surface area contributed by atoms with Gasteiger partial charge in [0.1, 0.15) is 0 Å². The van der Waals surface area contributed by atoms with Crippen LogP contribution in [0.15, 0.2) is 17.1 Å². The van der Waals surface area contributed by atoms with Gasteiger partial charge < -0.3 is 4.57 Å². The highest BCUT2D eigenvalue weighted by atomic mass is 79.9. The zero-order valence-electron chi connectivity index (χ0n) is 11.3. The van der Waals surface area contributed by atoms with Gasteiger partial charge in [0.05, 0.1) is 4.11 Å². The number of aromatic nitrogens is 2. The van der Waals surface area contributed by atoms with E-state index in [1.807, 2.05) is 0 Å². The topological polar surface area (TPSA) is 17.8 Å². The van der Waals surface area contributed by atoms with E-state index in [1.165, 1.54) is 0 Å². The van der Waals surface area contributed by atoms with Gasteiger partial charge in [0.15, 0.2) is 4.73 Å². The number of rotatable bonds is 1. The summed E-state index contributed by atoms with van der Waals surface area (Å²) in [5.74, 6) is 0. The van der Waals surface area contributed by atoms with Crippen molar-refractivity contribution in [3.63, 3.8) is 0 Å². The molecule has 2 nitrogen and oxygen atoms in total. The molecule has 0 N–H and O–H groups in total. The van der Waals surface area contributed by atoms with E-state index >= 15 is 0 Å². The maximum absolute atomic E-state index is 7.82. The summed E-state index contributed by atoms with van der Waals surface area (Å²) in [5, 5.41) is 0. The molecule has 0 amide bonds. The van der Waals surface area contributed by atoms with E-state index < -0.39 is 31.1 Å². The van der Waals surface area contributed by atoms with Crippen molar-refractivity contribution in [2.75, 3.05) is 0 Å². The van der Waals surface area contributed by atoms with Crippen LogP contribution in [0.3, 0.4) is 0 Å². The molecule has 0 aromatic carbocycles. The lowest BCUT2D eigenvalue weighted by atomic mass is 10.7. The number of hydrogen-bond acceptors (Lipinski definition) is 1. The Hall–Kier alpha value is -0.310. The first-order valence-electron chi connectivity index (χ1n) is 5.81. The van der Waals surface area contributed by atoms with Crippen molar-refractivity contribution in [3.8, 4) is 0 Å². The molecule has 1 aromatic rings. The SMILES string of the molecule is [2H]c1nc(Br)n(C2([2H])C([2H])([2H])C2([2H])[2H])c1[2H]. The summed E-state index contributed by atoms with van der Waals surface area (Å²) in [4.78, 5) is 3.55. The highest BCUT2D eigenvalue weighted by Crippen LogP contribution is 2.36. The van der Waals surface area contributed by atoms with Gasteiger partial charge in [-0.25, -0.2) is 4.98 Å². The molecule has 1 aliphatic carbocycles. The quantitative estimate of drug-likeness (QED) is 0.668. The summed E-state index contributed by atoms with van der Waals surface area (Å²) in [6.07, 6.45) is -5.72. The van der Waals surface area contributed by atoms with Crippen molar-refractivity contribution in [3.05, 3.63) is 17.1 Å². The number of imidazole rings is 1. The van der Waals surface area contributed by atoms with E-state index in [9.17, 15) is 0 Å². The molecule has 1 saturated carbocycles. The second-order valence-corrected chi connectivity index (χ2v) is 2.25. The Morgan fingerprint density at radius 2 is 2.89 bits per heavy atom. The van der Waals surface area contributed by atoms with Crippen LogP contribution in [0.5, 0.6) is 0 Å². The molecule has 0 radical (unpaired) electrons. The second kappa shape index (κ2) is 1.84. The fourth-order valence-electron chi connectivity index (χ4n) is 0.505. The Balaban J connectivity index is 2.64. The van der Waals surface area contributed by atoms with Gasteiger partial charge in [-0.05, 0) is 28.7 Å². The molecule has 0 aliphatic heterocycles. The van der Waals surface area contributed by atoms with Gasteiger partial charge in [0.2, 0.25) is 0 Å². The van der Waals surface area contributed by atoms with Crippen molar-refractivity contribution < 1.29 is 9.60 Å². The van der Waals surface area contributed by atoms with Crippen LogP contribution >= 0.6 is 15.9 Å². The van der Waals surface area contributed by atoms with Crippen LogP contribution in [-0.2, 0) is 0 Å². The van der Waals surface area contributed by atoms with Crippen molar-refractivity contribution in [1.82, 2.24) is 9.55 Å². The van der Waals surface area contributed by atoms with E-state index in [0.717, 1.165) is 4.57 Å². The number of nitrogens with zero attached hydrogens (tertiary/aromatic N) is 2. The van der Waals surface area contributed by atoms with Gasteiger partial charge in [0.25, 0.3) is 0 Å². The summed E-state index contributed by atoms with van der Waals surface area (Å²) in [7, 11) is 0. The average molecular weight is 194 g/mol. The van der Waals surface area contributed by atoms with Crippen LogP contribution in [0.25, 0.3) is 0 Å². The molecular weight excluding hydrogens is 180 g/mol. The van der Waals surface area contributed by atoms with Crippen LogP contribution in [0, 0.1) is 0 Å². The molecule has 1 aliphatic rings. The van der Waals surface area contributed by atoms with Crippen molar-refractivity contribution in [1.29, 1.82) is 0 Å². The lowest BCUT2D eigenvalue weighted by molar-refractivity contribution is 0.720. The predicted octanol–water partition coefficient (Wildman–Crippen LogP) is 1.98. The van der Waals surface area contributed by atoms with E-state index in [4.69, 9.17) is 9.60 Å². The van der Waals surface area contributed by atoms with E-state index in [1.54, 1.807) is 0 Å². The van der Waals surface area contributed by atoms with E-state index in [0.29, 0.717) is 0 Å². The molecule has 1 aromatic heterocycles. The number of halogens is 1. The zero-order valence-corrected chi connectivity index (χ0v) is 5.86. The Bertz CT molecular complexity index is 454. The number of hydrogen-bond donors (Lipinski definition) is 0. The largest absolute Gasteiger partial charge is 0.323 e. The highest BCUT2D eigenvalue weighted by Gasteiger charge is 2.24. The third kappa shape index (κ3) is 0.894. The summed E-state index contributed by atoms with van der Waals surface area (Å²) in [6, 6.07) is -2.25. The predicted molar refractivity (Wildman–Crippen MR) is 38.2 cm³/mol. The molecule has 1 fully saturated rings. The first-order chi connectivity index (χ1) is 7.09. The highest BCUT2D eigenvalue weighted by molar-refractivity contribution is 9.10. The summed E-state index contributed by atoms with van der Waals surface area (Å²) >= 11 is 2.91. The fraction of sp³-hybridized carbons (Fsp3) is 0.500. The molecule has 2 rings (SSSR count). The van der Waals surface area contributed by atoms with Crippen LogP contribution in [0.1, 0.15) is 28.4 Å². The minimum atomic E-state index is -2.41. The second-order valence-electron chi connectivity index (χ2n) is 1.54. The van der Waals surface area contributed by atoms with Gasteiger partial charge in [-0.2, -0.15) is 0 Å². The third-order valence-corrected chi connectivity index (χ3v) is 1.49. The maximum atomic E-state index is 7.82. The molecular formula is C6H7BrN2. The first-order valence-corrected chi connectivity index (χ1v) is 3.10. The fourth-order valence-corrected chi connectivity index (χ4v) is 0.860. The molecule has 0 saturated heterocycles. The molecule has 0 unspecified atom stereocenters. The molecule has 0 atom stereocenters. The van der Waals surface area contributed by atoms with Gasteiger partial charge >= 0.3 is 0 Å². The van der Waals surface area contributed by atoms with Gasteiger partial charge in [0, 0.05) is 23.8 Å². The Morgan fingerprint density at radius 1 is 2.11 bits per heavy atom. The average Bonchev–Trinajstić information content (AvgIpc) is 2.40. The summed E-state index contributed by atoms with van der Waals surface area (Å²) < 4.78 is 53.0. The van der Waals surface area contributed by atoms with Crippen LogP contribution in [0.4, 0.5) is 0 Å². The standard InChI is InChI=1S/C6H7BrN2/c7-6-8-3-4-9(6)5-1-2-5/h3-5H,1-2H2/i1D2,2D2,3D,4D,5D. The molecule has 1 heterocycles. The van der Waals surface area contributed by atoms with Crippen molar-refractivity contribution in [2.45, 2.75) is 18.8 Å². The summed E-state index contributed by atoms with van der Waals surface area (Å²) in [5.41, 5.74) is 0. The Labute approximate surface area is 71.9 Å². The van der Waals surface area contributed by atoms with Crippen LogP contribution < -0.4 is 0 Å². The van der Waals surface area contributed by atoms with Crippen LogP contribution in [0.2, 0.25) is 0 Å². The Kier molecular flexibility index (Phi) is 0.376. The van der Waals surface area contributed by atoms with E-state index in [-0.39, 0.29) is 4.73 Å².